The molecular weight excluding hydrogens is 259 g/mol. The zero-order chi connectivity index (χ0) is 13.9. The summed E-state index contributed by atoms with van der Waals surface area (Å²) in [5, 5.41) is 4.31. The maximum absolute atomic E-state index is 13.9. The Morgan fingerprint density at radius 2 is 0.778 bits per heavy atom. The van der Waals surface area contributed by atoms with Crippen molar-refractivity contribution in [1.82, 2.24) is 0 Å². The topological polar surface area (TPSA) is 17.1 Å². The second kappa shape index (κ2) is 9.31. The summed E-state index contributed by atoms with van der Waals surface area (Å²) in [6, 6.07) is 0. The van der Waals surface area contributed by atoms with E-state index in [0.29, 0.717) is 0 Å². The van der Waals surface area contributed by atoms with Crippen molar-refractivity contribution in [2.45, 2.75) is 99.6 Å². The van der Waals surface area contributed by atoms with Gasteiger partial charge < -0.3 is 0 Å². The molecule has 0 heterocycles. The van der Waals surface area contributed by atoms with Crippen molar-refractivity contribution < 1.29 is 16.5 Å². The molecule has 0 aliphatic carbocycles. The first-order chi connectivity index (χ1) is 8.54. The van der Waals surface area contributed by atoms with Crippen molar-refractivity contribution in [2.24, 2.45) is 0 Å². The molecule has 0 aromatic rings. The summed E-state index contributed by atoms with van der Waals surface area (Å²) in [5.41, 5.74) is 0. The van der Waals surface area contributed by atoms with Gasteiger partial charge in [0.1, 0.15) is 0 Å². The number of hydrogen-bond acceptors (Lipinski definition) is 1. The second-order valence-corrected chi connectivity index (χ2v) is 14.8. The third-order valence-electron chi connectivity index (χ3n) is 4.31. The Hall–Kier alpha value is 0.384. The Bertz CT molecular complexity index is 204. The second-order valence-electron chi connectivity index (χ2n) is 6.17. The van der Waals surface area contributed by atoms with Gasteiger partial charge in [-0.3, -0.25) is 0 Å². The van der Waals surface area contributed by atoms with Gasteiger partial charge in [-0.15, -0.1) is 0 Å². The molecule has 0 atom stereocenters. The predicted octanol–water partition coefficient (Wildman–Crippen LogP) is 6.90. The van der Waals surface area contributed by atoms with Crippen LogP contribution < -0.4 is 0 Å². The summed E-state index contributed by atoms with van der Waals surface area (Å²) >= 11 is -3.21. The van der Waals surface area contributed by atoms with Crippen molar-refractivity contribution >= 4 is 0 Å². The van der Waals surface area contributed by atoms with Crippen molar-refractivity contribution in [3.8, 4) is 0 Å². The average Bonchev–Trinajstić information content (AvgIpc) is 2.40. The predicted molar refractivity (Wildman–Crippen MR) is 79.5 cm³/mol. The molecule has 0 saturated carbocycles. The van der Waals surface area contributed by atoms with Gasteiger partial charge in [-0.1, -0.05) is 0 Å². The minimum absolute atomic E-state index is 1.08. The Balaban J connectivity index is 4.89. The van der Waals surface area contributed by atoms with E-state index < -0.39 is 12.8 Å². The van der Waals surface area contributed by atoms with Gasteiger partial charge in [-0.2, -0.15) is 0 Å². The van der Waals surface area contributed by atoms with Crippen LogP contribution in [0.5, 0.6) is 0 Å². The molecule has 18 heavy (non-hydrogen) atoms. The maximum atomic E-state index is 13.9. The molecule has 0 amide bonds. The van der Waals surface area contributed by atoms with Crippen LogP contribution in [0.4, 0.5) is 0 Å². The van der Waals surface area contributed by atoms with Crippen molar-refractivity contribution in [2.75, 3.05) is 0 Å². The third kappa shape index (κ3) is 6.52. The minimum atomic E-state index is -3.21. The molecule has 2 heteroatoms. The number of rotatable bonds is 12. The van der Waals surface area contributed by atoms with E-state index in [-0.39, 0.29) is 0 Å². The first kappa shape index (κ1) is 18.4. The van der Waals surface area contributed by atoms with Crippen LogP contribution in [0.15, 0.2) is 0 Å². The summed E-state index contributed by atoms with van der Waals surface area (Å²) < 4.78 is 13.9. The summed E-state index contributed by atoms with van der Waals surface area (Å²) in [6.07, 6.45) is 9.54. The molecular formula is C16H36OV. The molecule has 0 radical (unpaired) electrons. The van der Waals surface area contributed by atoms with E-state index in [2.05, 4.69) is 27.7 Å². The normalized spacial score (nSPS) is 14.3. The van der Waals surface area contributed by atoms with Gasteiger partial charge >= 0.3 is 116 Å². The standard InChI is InChI=1S/4C4H9.O.V/c4*1-3-4-2;;/h4*1,3-4H2,2H3;;. The van der Waals surface area contributed by atoms with Crippen LogP contribution in [0, 0.1) is 0 Å². The molecule has 0 aliphatic heterocycles. The van der Waals surface area contributed by atoms with E-state index in [1.165, 1.54) is 51.4 Å². The van der Waals surface area contributed by atoms with E-state index >= 15 is 0 Å². The molecule has 1 nitrogen and oxygen atoms in total. The quantitative estimate of drug-likeness (QED) is 0.383. The Kier molecular flexibility index (Phi) is 9.51. The molecule has 0 N–H and O–H groups in total. The number of unbranched alkanes of at least 4 members (excludes halogenated alkanes) is 4. The fourth-order valence-corrected chi connectivity index (χ4v) is 12.0. The third-order valence-corrected chi connectivity index (χ3v) is 13.4. The van der Waals surface area contributed by atoms with Crippen molar-refractivity contribution in [1.29, 1.82) is 0 Å². The summed E-state index contributed by atoms with van der Waals surface area (Å²) in [4.78, 5) is 0. The molecule has 0 saturated heterocycles. The molecule has 0 unspecified atom stereocenters. The zero-order valence-electron chi connectivity index (χ0n) is 13.3. The molecule has 0 aromatic heterocycles. The van der Waals surface area contributed by atoms with E-state index in [1.807, 2.05) is 0 Å². The Morgan fingerprint density at radius 1 is 0.556 bits per heavy atom. The van der Waals surface area contributed by atoms with Crippen LogP contribution in [0.1, 0.15) is 79.1 Å². The summed E-state index contributed by atoms with van der Waals surface area (Å²) in [6.45, 7) is 8.92. The SMILES string of the molecule is CCC[CH2][V](=[O])([CH2]CCC)([CH2]CCC)[CH2]CCC. The van der Waals surface area contributed by atoms with Gasteiger partial charge in [0.2, 0.25) is 0 Å². The molecule has 0 rings (SSSR count). The van der Waals surface area contributed by atoms with E-state index in [0.717, 1.165) is 20.5 Å². The van der Waals surface area contributed by atoms with Crippen molar-refractivity contribution in [3.05, 3.63) is 0 Å². The molecule has 111 valence electrons. The van der Waals surface area contributed by atoms with E-state index in [9.17, 15) is 3.67 Å². The van der Waals surface area contributed by atoms with Crippen LogP contribution >= 0.6 is 0 Å². The Labute approximate surface area is 116 Å². The van der Waals surface area contributed by atoms with Crippen LogP contribution in [-0.2, 0) is 16.5 Å². The molecule has 0 bridgehead atoms. The molecule has 0 spiro atoms. The summed E-state index contributed by atoms with van der Waals surface area (Å²) in [5.74, 6) is 0. The fraction of sp³-hybridized carbons (Fsp3) is 1.00. The van der Waals surface area contributed by atoms with Gasteiger partial charge in [-0.25, -0.2) is 0 Å². The first-order valence-electron chi connectivity index (χ1n) is 8.28. The molecule has 0 aliphatic rings. The van der Waals surface area contributed by atoms with E-state index in [1.54, 1.807) is 0 Å². The van der Waals surface area contributed by atoms with Gasteiger partial charge in [0.25, 0.3) is 0 Å². The van der Waals surface area contributed by atoms with Gasteiger partial charge in [0, 0.05) is 0 Å². The van der Waals surface area contributed by atoms with Crippen molar-refractivity contribution in [3.63, 3.8) is 0 Å². The van der Waals surface area contributed by atoms with Crippen LogP contribution in [0.3, 0.4) is 0 Å². The van der Waals surface area contributed by atoms with Gasteiger partial charge in [0.05, 0.1) is 0 Å². The van der Waals surface area contributed by atoms with Crippen LogP contribution in [-0.4, -0.2) is 0 Å². The van der Waals surface area contributed by atoms with Crippen LogP contribution in [0.25, 0.3) is 0 Å². The fourth-order valence-electron chi connectivity index (χ4n) is 2.90. The first-order valence-corrected chi connectivity index (χ1v) is 12.8. The molecule has 0 aromatic carbocycles. The zero-order valence-corrected chi connectivity index (χ0v) is 14.7. The monoisotopic (exact) mass is 295 g/mol. The van der Waals surface area contributed by atoms with E-state index in [4.69, 9.17) is 0 Å². The molecule has 0 fully saturated rings. The Morgan fingerprint density at radius 3 is 0.944 bits per heavy atom. The summed E-state index contributed by atoms with van der Waals surface area (Å²) in [7, 11) is 0. The number of hydrogen-bond donors (Lipinski definition) is 0. The van der Waals surface area contributed by atoms with Gasteiger partial charge in [-0.05, 0) is 0 Å². The average molecular weight is 295 g/mol. The van der Waals surface area contributed by atoms with Crippen LogP contribution in [0.2, 0.25) is 20.5 Å². The van der Waals surface area contributed by atoms with Gasteiger partial charge in [0.15, 0.2) is 0 Å².